The zero-order valence-corrected chi connectivity index (χ0v) is 8.78. The zero-order valence-electron chi connectivity index (χ0n) is 7.96. The number of hydrogen-bond donors (Lipinski definition) is 2. The summed E-state index contributed by atoms with van der Waals surface area (Å²) in [6, 6.07) is -0.354. The smallest absolute Gasteiger partial charge is 0.321 e. The Morgan fingerprint density at radius 2 is 2.15 bits per heavy atom. The average Bonchev–Trinajstić information content (AvgIpc) is 2.64. The van der Waals surface area contributed by atoms with Crippen molar-refractivity contribution in [1.29, 1.82) is 0 Å². The predicted octanol–water partition coefficient (Wildman–Crippen LogP) is 1.29. The summed E-state index contributed by atoms with van der Waals surface area (Å²) < 4.78 is 0. The van der Waals surface area contributed by atoms with E-state index >= 15 is 0 Å². The quantitative estimate of drug-likeness (QED) is 0.707. The molecular formula is C9H15NO2S. The molecule has 3 nitrogen and oxygen atoms in total. The van der Waals surface area contributed by atoms with Gasteiger partial charge in [-0.2, -0.15) is 0 Å². The van der Waals surface area contributed by atoms with Gasteiger partial charge in [-0.25, -0.2) is 0 Å². The van der Waals surface area contributed by atoms with E-state index < -0.39 is 5.97 Å². The van der Waals surface area contributed by atoms with Crippen molar-refractivity contribution in [1.82, 2.24) is 5.32 Å². The molecule has 2 N–H and O–H groups in total. The molecule has 74 valence electrons. The molecular weight excluding hydrogens is 186 g/mol. The lowest BCUT2D eigenvalue weighted by atomic mass is 9.99. The Labute approximate surface area is 82.3 Å². The molecule has 2 atom stereocenters. The van der Waals surface area contributed by atoms with Gasteiger partial charge in [-0.15, -0.1) is 11.8 Å². The minimum absolute atomic E-state index is 0.0178. The lowest BCUT2D eigenvalue weighted by Crippen LogP contribution is -2.47. The van der Waals surface area contributed by atoms with Crippen LogP contribution in [-0.4, -0.2) is 27.7 Å². The Morgan fingerprint density at radius 1 is 1.54 bits per heavy atom. The highest BCUT2D eigenvalue weighted by Crippen LogP contribution is 2.59. The largest absolute Gasteiger partial charge is 0.480 e. The fourth-order valence-corrected chi connectivity index (χ4v) is 3.32. The molecule has 1 aliphatic carbocycles. The van der Waals surface area contributed by atoms with Crippen molar-refractivity contribution in [3.8, 4) is 0 Å². The third kappa shape index (κ3) is 1.36. The van der Waals surface area contributed by atoms with Crippen LogP contribution in [-0.2, 0) is 4.79 Å². The Hall–Kier alpha value is -0.220. The first kappa shape index (κ1) is 9.34. The van der Waals surface area contributed by atoms with Crippen LogP contribution in [0.25, 0.3) is 0 Å². The molecule has 13 heavy (non-hydrogen) atoms. The molecule has 1 heterocycles. The Kier molecular flexibility index (Phi) is 1.90. The van der Waals surface area contributed by atoms with Gasteiger partial charge >= 0.3 is 5.97 Å². The third-order valence-corrected chi connectivity index (χ3v) is 5.13. The highest BCUT2D eigenvalue weighted by molar-refractivity contribution is 8.01. The fraction of sp³-hybridized carbons (Fsp3) is 0.889. The Balaban J connectivity index is 2.08. The standard InChI is InChI=1S/C9H15NO2S/c1-8(3-4-8)9(2)10-6(5-13-9)7(11)12/h6,10H,3-5H2,1-2H3,(H,11,12)/t6-,9?/m0/s1. The number of nitrogens with one attached hydrogen (secondary N) is 1. The molecule has 1 aliphatic heterocycles. The van der Waals surface area contributed by atoms with Crippen molar-refractivity contribution >= 4 is 17.7 Å². The number of aliphatic carboxylic acids is 1. The van der Waals surface area contributed by atoms with Crippen LogP contribution in [0.4, 0.5) is 0 Å². The van der Waals surface area contributed by atoms with Crippen LogP contribution >= 0.6 is 11.8 Å². The Bertz CT molecular complexity index is 252. The molecule has 2 rings (SSSR count). The summed E-state index contributed by atoms with van der Waals surface area (Å²) in [6.07, 6.45) is 2.44. The van der Waals surface area contributed by atoms with E-state index in [0.717, 1.165) is 0 Å². The predicted molar refractivity (Wildman–Crippen MR) is 52.8 cm³/mol. The summed E-state index contributed by atoms with van der Waals surface area (Å²) in [7, 11) is 0. The van der Waals surface area contributed by atoms with Crippen LogP contribution in [0.2, 0.25) is 0 Å². The average molecular weight is 201 g/mol. The summed E-state index contributed by atoms with van der Waals surface area (Å²) in [5.74, 6) is -0.0259. The van der Waals surface area contributed by atoms with E-state index in [9.17, 15) is 4.79 Å². The van der Waals surface area contributed by atoms with Crippen LogP contribution in [0, 0.1) is 5.41 Å². The summed E-state index contributed by atoms with van der Waals surface area (Å²) in [5, 5.41) is 12.1. The highest BCUT2D eigenvalue weighted by Gasteiger charge is 2.57. The molecule has 0 spiro atoms. The van der Waals surface area contributed by atoms with Gasteiger partial charge in [0.15, 0.2) is 0 Å². The molecule has 2 fully saturated rings. The van der Waals surface area contributed by atoms with Crippen molar-refractivity contribution in [2.45, 2.75) is 37.6 Å². The number of carbonyl (C=O) groups is 1. The van der Waals surface area contributed by atoms with E-state index in [-0.39, 0.29) is 10.9 Å². The SMILES string of the molecule is CC1(C2(C)N[C@H](C(=O)O)CS2)CC1. The highest BCUT2D eigenvalue weighted by atomic mass is 32.2. The van der Waals surface area contributed by atoms with E-state index in [0.29, 0.717) is 11.2 Å². The molecule has 0 amide bonds. The molecule has 0 radical (unpaired) electrons. The van der Waals surface area contributed by atoms with Crippen LogP contribution in [0.3, 0.4) is 0 Å². The summed E-state index contributed by atoms with van der Waals surface area (Å²) in [6.45, 7) is 4.37. The van der Waals surface area contributed by atoms with Gasteiger partial charge in [-0.05, 0) is 25.2 Å². The molecule has 1 unspecified atom stereocenters. The molecule has 0 aromatic rings. The zero-order chi connectivity index (χ0) is 9.69. The topological polar surface area (TPSA) is 49.3 Å². The van der Waals surface area contributed by atoms with E-state index in [2.05, 4.69) is 19.2 Å². The van der Waals surface area contributed by atoms with Crippen molar-refractivity contribution in [2.24, 2.45) is 5.41 Å². The van der Waals surface area contributed by atoms with E-state index in [1.54, 1.807) is 11.8 Å². The fourth-order valence-electron chi connectivity index (χ4n) is 1.81. The minimum Gasteiger partial charge on any atom is -0.480 e. The lowest BCUT2D eigenvalue weighted by Gasteiger charge is -2.31. The van der Waals surface area contributed by atoms with Gasteiger partial charge in [-0.1, -0.05) is 6.92 Å². The van der Waals surface area contributed by atoms with E-state index in [1.807, 2.05) is 0 Å². The van der Waals surface area contributed by atoms with Gasteiger partial charge in [0, 0.05) is 5.75 Å². The van der Waals surface area contributed by atoms with Crippen LogP contribution in [0.5, 0.6) is 0 Å². The lowest BCUT2D eigenvalue weighted by molar-refractivity contribution is -0.139. The number of carboxylic acids is 1. The molecule has 0 aromatic carbocycles. The summed E-state index contributed by atoms with van der Waals surface area (Å²) in [4.78, 5) is 10.7. The molecule has 0 aromatic heterocycles. The van der Waals surface area contributed by atoms with Gasteiger partial charge < -0.3 is 5.11 Å². The number of carboxylic acid groups (broad SMARTS) is 1. The second-order valence-corrected chi connectivity index (χ2v) is 5.88. The number of hydrogen-bond acceptors (Lipinski definition) is 3. The van der Waals surface area contributed by atoms with Gasteiger partial charge in [0.25, 0.3) is 0 Å². The molecule has 1 saturated carbocycles. The van der Waals surface area contributed by atoms with Crippen LogP contribution in [0.15, 0.2) is 0 Å². The number of rotatable bonds is 2. The van der Waals surface area contributed by atoms with E-state index in [1.165, 1.54) is 12.8 Å². The van der Waals surface area contributed by atoms with Gasteiger partial charge in [-0.3, -0.25) is 10.1 Å². The van der Waals surface area contributed by atoms with Gasteiger partial charge in [0.05, 0.1) is 4.87 Å². The molecule has 1 saturated heterocycles. The normalized spacial score (nSPS) is 41.8. The first-order valence-electron chi connectivity index (χ1n) is 4.61. The second-order valence-electron chi connectivity index (χ2n) is 4.44. The van der Waals surface area contributed by atoms with Gasteiger partial charge in [0.1, 0.15) is 6.04 Å². The van der Waals surface area contributed by atoms with Crippen LogP contribution < -0.4 is 5.32 Å². The number of thioether (sulfide) groups is 1. The molecule has 2 aliphatic rings. The Morgan fingerprint density at radius 3 is 2.54 bits per heavy atom. The first-order valence-corrected chi connectivity index (χ1v) is 5.60. The maximum Gasteiger partial charge on any atom is 0.321 e. The van der Waals surface area contributed by atoms with Gasteiger partial charge in [0.2, 0.25) is 0 Å². The van der Waals surface area contributed by atoms with Crippen molar-refractivity contribution in [2.75, 3.05) is 5.75 Å². The maximum absolute atomic E-state index is 10.8. The van der Waals surface area contributed by atoms with E-state index in [4.69, 9.17) is 5.11 Å². The van der Waals surface area contributed by atoms with Crippen molar-refractivity contribution in [3.63, 3.8) is 0 Å². The summed E-state index contributed by atoms with van der Waals surface area (Å²) >= 11 is 1.76. The second kappa shape index (κ2) is 2.64. The summed E-state index contributed by atoms with van der Waals surface area (Å²) in [5.41, 5.74) is 0.321. The monoisotopic (exact) mass is 201 g/mol. The first-order chi connectivity index (χ1) is 5.97. The molecule has 4 heteroatoms. The molecule has 0 bridgehead atoms. The maximum atomic E-state index is 10.8. The van der Waals surface area contributed by atoms with Crippen LogP contribution in [0.1, 0.15) is 26.7 Å². The third-order valence-electron chi connectivity index (χ3n) is 3.44. The van der Waals surface area contributed by atoms with Crippen molar-refractivity contribution in [3.05, 3.63) is 0 Å². The van der Waals surface area contributed by atoms with Crippen molar-refractivity contribution < 1.29 is 9.90 Å². The minimum atomic E-state index is -0.722.